The van der Waals surface area contributed by atoms with Crippen LogP contribution in [0.5, 0.6) is 0 Å². The van der Waals surface area contributed by atoms with Gasteiger partial charge in [0.1, 0.15) is 0 Å². The molecule has 0 spiro atoms. The van der Waals surface area contributed by atoms with Gasteiger partial charge in [0, 0.05) is 6.08 Å². The first kappa shape index (κ1) is 13.2. The van der Waals surface area contributed by atoms with E-state index in [-0.39, 0.29) is 12.1 Å². The van der Waals surface area contributed by atoms with Gasteiger partial charge in [0.2, 0.25) is 0 Å². The van der Waals surface area contributed by atoms with Crippen LogP contribution < -0.4 is 0 Å². The summed E-state index contributed by atoms with van der Waals surface area (Å²) in [6.07, 6.45) is 8.04. The van der Waals surface area contributed by atoms with E-state index in [2.05, 4.69) is 4.74 Å². The summed E-state index contributed by atoms with van der Waals surface area (Å²) in [5.41, 5.74) is 0. The van der Waals surface area contributed by atoms with Gasteiger partial charge in [-0.25, -0.2) is 4.79 Å². The van der Waals surface area contributed by atoms with Gasteiger partial charge < -0.3 is 9.84 Å². The first-order valence-corrected chi connectivity index (χ1v) is 5.09. The Morgan fingerprint density at radius 2 is 2.14 bits per heavy atom. The lowest BCUT2D eigenvalue weighted by Crippen LogP contribution is -1.98. The molecule has 3 nitrogen and oxygen atoms in total. The fourth-order valence-electron chi connectivity index (χ4n) is 1.13. The van der Waals surface area contributed by atoms with Gasteiger partial charge in [-0.3, -0.25) is 0 Å². The van der Waals surface area contributed by atoms with Crippen LogP contribution in [0.4, 0.5) is 0 Å². The summed E-state index contributed by atoms with van der Waals surface area (Å²) in [6.45, 7) is 1.80. The highest BCUT2D eigenvalue weighted by Gasteiger charge is 1.94. The minimum atomic E-state index is -0.297. The molecule has 0 aliphatic carbocycles. The van der Waals surface area contributed by atoms with Gasteiger partial charge >= 0.3 is 5.97 Å². The number of esters is 1. The van der Waals surface area contributed by atoms with Crippen LogP contribution in [0.2, 0.25) is 0 Å². The maximum absolute atomic E-state index is 10.6. The number of aliphatic hydroxyl groups is 1. The minimum absolute atomic E-state index is 0.194. The van der Waals surface area contributed by atoms with E-state index in [9.17, 15) is 4.79 Å². The van der Waals surface area contributed by atoms with E-state index in [1.54, 1.807) is 6.92 Å². The maximum Gasteiger partial charge on any atom is 0.330 e. The molecular weight excluding hydrogens is 180 g/mol. The molecule has 14 heavy (non-hydrogen) atoms. The number of hydrogen-bond acceptors (Lipinski definition) is 3. The average Bonchev–Trinajstić information content (AvgIpc) is 2.15. The predicted octanol–water partition coefficient (Wildman–Crippen LogP) is 2.05. The van der Waals surface area contributed by atoms with Crippen LogP contribution in [-0.4, -0.2) is 24.3 Å². The van der Waals surface area contributed by atoms with Gasteiger partial charge in [0.25, 0.3) is 0 Å². The smallest absolute Gasteiger partial charge is 0.330 e. The van der Waals surface area contributed by atoms with Crippen molar-refractivity contribution in [1.82, 2.24) is 0 Å². The topological polar surface area (TPSA) is 46.5 Å². The van der Waals surface area contributed by atoms with E-state index >= 15 is 0 Å². The van der Waals surface area contributed by atoms with Crippen molar-refractivity contribution < 1.29 is 14.6 Å². The summed E-state index contributed by atoms with van der Waals surface area (Å²) >= 11 is 0. The summed E-state index contributed by atoms with van der Waals surface area (Å²) < 4.78 is 4.45. The Bertz CT molecular complexity index is 173. The van der Waals surface area contributed by atoms with Gasteiger partial charge in [-0.2, -0.15) is 0 Å². The highest BCUT2D eigenvalue weighted by molar-refractivity contribution is 5.81. The average molecular weight is 200 g/mol. The van der Waals surface area contributed by atoms with Crippen LogP contribution in [0, 0.1) is 0 Å². The van der Waals surface area contributed by atoms with Crippen molar-refractivity contribution in [3.8, 4) is 0 Å². The van der Waals surface area contributed by atoms with E-state index in [0.717, 1.165) is 32.1 Å². The van der Waals surface area contributed by atoms with Gasteiger partial charge in [-0.05, 0) is 26.2 Å². The normalized spacial score (nSPS) is 13.1. The third kappa shape index (κ3) is 9.26. The minimum Gasteiger partial charge on any atom is -0.466 e. The molecule has 0 aliphatic heterocycles. The number of aliphatic hydroxyl groups excluding tert-OH is 1. The molecule has 0 aromatic heterocycles. The number of methoxy groups -OCH3 is 1. The number of hydrogen-bond donors (Lipinski definition) is 1. The van der Waals surface area contributed by atoms with Gasteiger partial charge in [-0.15, -0.1) is 0 Å². The van der Waals surface area contributed by atoms with Crippen LogP contribution in [0.1, 0.15) is 39.0 Å². The lowest BCUT2D eigenvalue weighted by atomic mass is 10.1. The second-order valence-electron chi connectivity index (χ2n) is 3.41. The predicted molar refractivity (Wildman–Crippen MR) is 55.9 cm³/mol. The molecule has 1 N–H and O–H groups in total. The number of carbonyl (C=O) groups excluding carboxylic acids is 1. The van der Waals surface area contributed by atoms with Crippen LogP contribution in [0.3, 0.4) is 0 Å². The molecule has 0 saturated heterocycles. The molecule has 0 amide bonds. The Morgan fingerprint density at radius 3 is 2.71 bits per heavy atom. The van der Waals surface area contributed by atoms with E-state index in [0.29, 0.717) is 0 Å². The van der Waals surface area contributed by atoms with Gasteiger partial charge in [0.05, 0.1) is 13.2 Å². The van der Waals surface area contributed by atoms with Gasteiger partial charge in [0.15, 0.2) is 0 Å². The highest BCUT2D eigenvalue weighted by atomic mass is 16.5. The molecule has 82 valence electrons. The summed E-state index contributed by atoms with van der Waals surface area (Å²) in [6, 6.07) is 0. The summed E-state index contributed by atoms with van der Waals surface area (Å²) in [4.78, 5) is 10.6. The standard InChI is InChI=1S/C11H20O3/c1-10(12)8-6-4-3-5-7-9-11(13)14-2/h7,9-10,12H,3-6,8H2,1-2H3. The molecule has 0 fully saturated rings. The molecule has 0 heterocycles. The van der Waals surface area contributed by atoms with Crippen molar-refractivity contribution in [2.24, 2.45) is 0 Å². The number of allylic oxidation sites excluding steroid dienone is 1. The first-order chi connectivity index (χ1) is 6.66. The van der Waals surface area contributed by atoms with E-state index in [1.165, 1.54) is 13.2 Å². The zero-order valence-corrected chi connectivity index (χ0v) is 9.03. The second kappa shape index (κ2) is 8.75. The Hall–Kier alpha value is -0.830. The SMILES string of the molecule is COC(=O)C=CCCCCCC(C)O. The Kier molecular flexibility index (Phi) is 8.24. The molecule has 0 aliphatic rings. The van der Waals surface area contributed by atoms with Crippen LogP contribution in [0.15, 0.2) is 12.2 Å². The third-order valence-corrected chi connectivity index (χ3v) is 1.95. The zero-order chi connectivity index (χ0) is 10.8. The molecule has 0 radical (unpaired) electrons. The van der Waals surface area contributed by atoms with Crippen LogP contribution in [0.25, 0.3) is 0 Å². The molecule has 0 aromatic rings. The lowest BCUT2D eigenvalue weighted by Gasteiger charge is -2.01. The summed E-state index contributed by atoms with van der Waals surface area (Å²) in [7, 11) is 1.37. The number of unbranched alkanes of at least 4 members (excludes halogenated alkanes) is 3. The summed E-state index contributed by atoms with van der Waals surface area (Å²) in [5, 5.41) is 8.98. The molecule has 0 saturated carbocycles. The largest absolute Gasteiger partial charge is 0.466 e. The van der Waals surface area contributed by atoms with Gasteiger partial charge in [-0.1, -0.05) is 18.9 Å². The highest BCUT2D eigenvalue weighted by Crippen LogP contribution is 2.05. The van der Waals surface area contributed by atoms with E-state index < -0.39 is 0 Å². The van der Waals surface area contributed by atoms with Crippen molar-refractivity contribution in [3.05, 3.63) is 12.2 Å². The molecule has 0 aromatic carbocycles. The molecular formula is C11H20O3. The second-order valence-corrected chi connectivity index (χ2v) is 3.41. The van der Waals surface area contributed by atoms with Crippen molar-refractivity contribution in [2.45, 2.75) is 45.1 Å². The monoisotopic (exact) mass is 200 g/mol. The van der Waals surface area contributed by atoms with E-state index in [4.69, 9.17) is 5.11 Å². The molecule has 0 rings (SSSR count). The molecule has 1 atom stereocenters. The van der Waals surface area contributed by atoms with Crippen molar-refractivity contribution in [3.63, 3.8) is 0 Å². The third-order valence-electron chi connectivity index (χ3n) is 1.95. The van der Waals surface area contributed by atoms with E-state index in [1.807, 2.05) is 6.08 Å². The summed E-state index contributed by atoms with van der Waals surface area (Å²) in [5.74, 6) is -0.297. The zero-order valence-electron chi connectivity index (χ0n) is 9.03. The van der Waals surface area contributed by atoms with Crippen molar-refractivity contribution in [2.75, 3.05) is 7.11 Å². The fraction of sp³-hybridized carbons (Fsp3) is 0.727. The number of ether oxygens (including phenoxy) is 1. The molecule has 0 bridgehead atoms. The van der Waals surface area contributed by atoms with Crippen LogP contribution in [-0.2, 0) is 9.53 Å². The molecule has 3 heteroatoms. The lowest BCUT2D eigenvalue weighted by molar-refractivity contribution is -0.134. The Balaban J connectivity index is 3.21. The fourth-order valence-corrected chi connectivity index (χ4v) is 1.13. The Morgan fingerprint density at radius 1 is 1.43 bits per heavy atom. The number of carbonyl (C=O) groups is 1. The number of rotatable bonds is 7. The van der Waals surface area contributed by atoms with Crippen LogP contribution >= 0.6 is 0 Å². The first-order valence-electron chi connectivity index (χ1n) is 5.09. The van der Waals surface area contributed by atoms with Crippen molar-refractivity contribution >= 4 is 5.97 Å². The van der Waals surface area contributed by atoms with Crippen molar-refractivity contribution in [1.29, 1.82) is 0 Å². The quantitative estimate of drug-likeness (QED) is 0.388. The Labute approximate surface area is 85.8 Å². The maximum atomic E-state index is 10.6. The molecule has 1 unspecified atom stereocenters.